The molecule has 4 nitrogen and oxygen atoms in total. The second-order valence-electron chi connectivity index (χ2n) is 2.89. The maximum atomic E-state index is 12.8. The van der Waals surface area contributed by atoms with E-state index in [4.69, 9.17) is 10.5 Å². The van der Waals surface area contributed by atoms with Gasteiger partial charge in [0.15, 0.2) is 0 Å². The van der Waals surface area contributed by atoms with Gasteiger partial charge in [0.1, 0.15) is 17.6 Å². The van der Waals surface area contributed by atoms with Crippen LogP contribution in [-0.2, 0) is 9.53 Å². The van der Waals surface area contributed by atoms with Crippen molar-refractivity contribution in [2.24, 2.45) is 5.73 Å². The van der Waals surface area contributed by atoms with E-state index < -0.39 is 17.8 Å². The third kappa shape index (κ3) is 3.08. The van der Waals surface area contributed by atoms with Crippen molar-refractivity contribution in [3.8, 4) is 5.75 Å². The molecule has 90 valence electrons. The Morgan fingerprint density at radius 2 is 2.06 bits per heavy atom. The van der Waals surface area contributed by atoms with Gasteiger partial charge in [0.2, 0.25) is 0 Å². The zero-order chi connectivity index (χ0) is 11.4. The van der Waals surface area contributed by atoms with Gasteiger partial charge in [-0.3, -0.25) is 4.79 Å². The molecule has 0 amide bonds. The Morgan fingerprint density at radius 3 is 2.56 bits per heavy atom. The molecule has 0 unspecified atom stereocenters. The van der Waals surface area contributed by atoms with Crippen LogP contribution in [0, 0.1) is 5.82 Å². The normalized spacial score (nSPS) is 11.2. The number of carbonyl (C=O) groups excluding carboxylic acids is 1. The standard InChI is InChI=1S/C10H12FNO3.ClH/c1-14-8-5-6(11)3-4-7(8)9(12)10(13)15-2;/h3-5,9H,12H2,1-2H3;1H/t9-;/m0./s1. The van der Waals surface area contributed by atoms with Crippen LogP contribution in [0.2, 0.25) is 0 Å². The molecule has 0 aliphatic carbocycles. The molecule has 1 aromatic rings. The summed E-state index contributed by atoms with van der Waals surface area (Å²) >= 11 is 0. The van der Waals surface area contributed by atoms with Crippen LogP contribution in [0.1, 0.15) is 11.6 Å². The first-order chi connectivity index (χ1) is 7.10. The van der Waals surface area contributed by atoms with Gasteiger partial charge >= 0.3 is 5.97 Å². The molecular weight excluding hydrogens is 237 g/mol. The third-order valence-corrected chi connectivity index (χ3v) is 1.99. The van der Waals surface area contributed by atoms with Crippen LogP contribution in [0.15, 0.2) is 18.2 Å². The molecule has 6 heteroatoms. The predicted molar refractivity (Wildman–Crippen MR) is 59.1 cm³/mol. The van der Waals surface area contributed by atoms with Crippen LogP contribution in [-0.4, -0.2) is 20.2 Å². The lowest BCUT2D eigenvalue weighted by molar-refractivity contribution is -0.142. The van der Waals surface area contributed by atoms with Gasteiger partial charge in [0.05, 0.1) is 14.2 Å². The van der Waals surface area contributed by atoms with Gasteiger partial charge in [0.25, 0.3) is 0 Å². The summed E-state index contributed by atoms with van der Waals surface area (Å²) in [7, 11) is 2.61. The zero-order valence-corrected chi connectivity index (χ0v) is 9.71. The highest BCUT2D eigenvalue weighted by Crippen LogP contribution is 2.25. The number of hydrogen-bond donors (Lipinski definition) is 1. The SMILES string of the molecule is COC(=O)[C@@H](N)c1ccc(F)cc1OC.Cl. The molecule has 0 bridgehead atoms. The van der Waals surface area contributed by atoms with E-state index in [0.29, 0.717) is 5.56 Å². The molecule has 1 rings (SSSR count). The zero-order valence-electron chi connectivity index (χ0n) is 8.90. The van der Waals surface area contributed by atoms with E-state index >= 15 is 0 Å². The van der Waals surface area contributed by atoms with Gasteiger partial charge in [-0.25, -0.2) is 4.39 Å². The number of halogens is 2. The third-order valence-electron chi connectivity index (χ3n) is 1.99. The van der Waals surface area contributed by atoms with E-state index in [1.807, 2.05) is 0 Å². The smallest absolute Gasteiger partial charge is 0.327 e. The first-order valence-corrected chi connectivity index (χ1v) is 4.27. The average Bonchev–Trinajstić information content (AvgIpc) is 2.26. The second kappa shape index (κ2) is 6.30. The number of carbonyl (C=O) groups is 1. The van der Waals surface area contributed by atoms with Crippen LogP contribution >= 0.6 is 12.4 Å². The van der Waals surface area contributed by atoms with Gasteiger partial charge in [-0.1, -0.05) is 6.07 Å². The highest BCUT2D eigenvalue weighted by molar-refractivity contribution is 5.85. The Kier molecular flexibility index (Phi) is 5.77. The van der Waals surface area contributed by atoms with Crippen LogP contribution in [0.25, 0.3) is 0 Å². The van der Waals surface area contributed by atoms with Gasteiger partial charge in [-0.2, -0.15) is 0 Å². The fourth-order valence-corrected chi connectivity index (χ4v) is 1.20. The number of rotatable bonds is 3. The molecule has 1 aromatic carbocycles. The minimum absolute atomic E-state index is 0. The molecule has 0 aliphatic rings. The van der Waals surface area contributed by atoms with E-state index in [9.17, 15) is 9.18 Å². The summed E-state index contributed by atoms with van der Waals surface area (Å²) in [5.74, 6) is -0.819. The predicted octanol–water partition coefficient (Wildman–Crippen LogP) is 1.43. The lowest BCUT2D eigenvalue weighted by atomic mass is 10.1. The van der Waals surface area contributed by atoms with Gasteiger partial charge < -0.3 is 15.2 Å². The minimum Gasteiger partial charge on any atom is -0.496 e. The van der Waals surface area contributed by atoms with E-state index in [1.165, 1.54) is 26.4 Å². The van der Waals surface area contributed by atoms with Crippen LogP contribution < -0.4 is 10.5 Å². The molecule has 16 heavy (non-hydrogen) atoms. The molecule has 0 saturated carbocycles. The van der Waals surface area contributed by atoms with Crippen molar-refractivity contribution in [1.29, 1.82) is 0 Å². The lowest BCUT2D eigenvalue weighted by Crippen LogP contribution is -2.23. The first kappa shape index (κ1) is 14.7. The minimum atomic E-state index is -0.967. The number of nitrogens with two attached hydrogens (primary N) is 1. The van der Waals surface area contributed by atoms with Crippen molar-refractivity contribution < 1.29 is 18.7 Å². The summed E-state index contributed by atoms with van der Waals surface area (Å²) in [6.45, 7) is 0. The number of methoxy groups -OCH3 is 2. The highest BCUT2D eigenvalue weighted by atomic mass is 35.5. The first-order valence-electron chi connectivity index (χ1n) is 4.27. The van der Waals surface area contributed by atoms with Gasteiger partial charge in [0, 0.05) is 11.6 Å². The Morgan fingerprint density at radius 1 is 1.44 bits per heavy atom. The molecular formula is C10H13ClFNO3. The molecule has 1 atom stereocenters. The van der Waals surface area contributed by atoms with Gasteiger partial charge in [-0.05, 0) is 6.07 Å². The number of benzene rings is 1. The highest BCUT2D eigenvalue weighted by Gasteiger charge is 2.20. The molecule has 0 aliphatic heterocycles. The van der Waals surface area contributed by atoms with Gasteiger partial charge in [-0.15, -0.1) is 12.4 Å². The molecule has 0 radical (unpaired) electrons. The maximum Gasteiger partial charge on any atom is 0.327 e. The topological polar surface area (TPSA) is 61.5 Å². The largest absolute Gasteiger partial charge is 0.496 e. The lowest BCUT2D eigenvalue weighted by Gasteiger charge is -2.13. The molecule has 0 heterocycles. The summed E-state index contributed by atoms with van der Waals surface area (Å²) in [5.41, 5.74) is 5.99. The Hall–Kier alpha value is -1.33. The summed E-state index contributed by atoms with van der Waals surface area (Å²) in [5, 5.41) is 0. The van der Waals surface area contributed by atoms with Crippen molar-refractivity contribution >= 4 is 18.4 Å². The number of ether oxygens (including phenoxy) is 2. The molecule has 0 spiro atoms. The van der Waals surface area contributed by atoms with Crippen LogP contribution in [0.5, 0.6) is 5.75 Å². The molecule has 0 aromatic heterocycles. The Bertz CT molecular complexity index is 373. The quantitative estimate of drug-likeness (QED) is 0.824. The fraction of sp³-hybridized carbons (Fsp3) is 0.300. The van der Waals surface area contributed by atoms with Crippen molar-refractivity contribution in [2.45, 2.75) is 6.04 Å². The van der Waals surface area contributed by atoms with Crippen molar-refractivity contribution in [3.63, 3.8) is 0 Å². The van der Waals surface area contributed by atoms with Crippen LogP contribution in [0.4, 0.5) is 4.39 Å². The maximum absolute atomic E-state index is 12.8. The summed E-state index contributed by atoms with van der Waals surface area (Å²) in [6, 6.07) is 2.81. The fourth-order valence-electron chi connectivity index (χ4n) is 1.20. The van der Waals surface area contributed by atoms with Crippen molar-refractivity contribution in [3.05, 3.63) is 29.6 Å². The molecule has 2 N–H and O–H groups in total. The van der Waals surface area contributed by atoms with E-state index in [-0.39, 0.29) is 18.2 Å². The van der Waals surface area contributed by atoms with Crippen LogP contribution in [0.3, 0.4) is 0 Å². The summed E-state index contributed by atoms with van der Waals surface area (Å²) in [4.78, 5) is 11.2. The Balaban J connectivity index is 0.00000225. The van der Waals surface area contributed by atoms with Crippen molar-refractivity contribution in [1.82, 2.24) is 0 Å². The van der Waals surface area contributed by atoms with Crippen molar-refractivity contribution in [2.75, 3.05) is 14.2 Å². The average molecular weight is 250 g/mol. The van der Waals surface area contributed by atoms with E-state index in [1.54, 1.807) is 0 Å². The molecule has 0 saturated heterocycles. The number of esters is 1. The van der Waals surface area contributed by atoms with E-state index in [2.05, 4.69) is 4.74 Å². The summed E-state index contributed by atoms with van der Waals surface area (Å²) < 4.78 is 22.2. The summed E-state index contributed by atoms with van der Waals surface area (Å²) in [6.07, 6.45) is 0. The number of hydrogen-bond acceptors (Lipinski definition) is 4. The Labute approximate surface area is 98.9 Å². The monoisotopic (exact) mass is 249 g/mol. The second-order valence-corrected chi connectivity index (χ2v) is 2.89. The van der Waals surface area contributed by atoms with E-state index in [0.717, 1.165) is 6.07 Å². The molecule has 0 fully saturated rings.